The molecule has 3 aromatic rings. The van der Waals surface area contributed by atoms with Crippen LogP contribution in [-0.4, -0.2) is 37.0 Å². The molecule has 3 rings (SSSR count). The standard InChI is InChI=1S/C27H32F3N3O3/c1-6-33(7-2)12-8-11-31-24-18(29)14-19(30)25-23(24)21(34)15-22(36-25)16-9-10-20(17(28)13-16)32-26(35)27(3,4)5/h9-10,13-15,31H,6-8,11-12H2,1-5H3,(H,32,35). The fourth-order valence-electron chi connectivity index (χ4n) is 3.72. The lowest BCUT2D eigenvalue weighted by atomic mass is 9.95. The molecule has 0 spiro atoms. The molecule has 36 heavy (non-hydrogen) atoms. The van der Waals surface area contributed by atoms with Crippen molar-refractivity contribution in [1.82, 2.24) is 4.90 Å². The van der Waals surface area contributed by atoms with E-state index in [1.807, 2.05) is 13.8 Å². The summed E-state index contributed by atoms with van der Waals surface area (Å²) in [6, 6.07) is 5.59. The maximum Gasteiger partial charge on any atom is 0.229 e. The molecule has 0 unspecified atom stereocenters. The molecule has 0 aliphatic heterocycles. The van der Waals surface area contributed by atoms with Crippen molar-refractivity contribution < 1.29 is 22.4 Å². The van der Waals surface area contributed by atoms with E-state index in [1.54, 1.807) is 20.8 Å². The highest BCUT2D eigenvalue weighted by Crippen LogP contribution is 2.31. The number of fused-ring (bicyclic) bond motifs is 1. The minimum Gasteiger partial charge on any atom is -0.453 e. The van der Waals surface area contributed by atoms with Gasteiger partial charge in [-0.1, -0.05) is 34.6 Å². The van der Waals surface area contributed by atoms with E-state index in [-0.39, 0.29) is 34.0 Å². The molecule has 2 N–H and O–H groups in total. The third-order valence-corrected chi connectivity index (χ3v) is 5.94. The van der Waals surface area contributed by atoms with Crippen molar-refractivity contribution in [2.24, 2.45) is 5.41 Å². The van der Waals surface area contributed by atoms with Gasteiger partial charge in [0.25, 0.3) is 0 Å². The maximum atomic E-state index is 14.7. The molecule has 2 aromatic carbocycles. The molecule has 0 radical (unpaired) electrons. The van der Waals surface area contributed by atoms with Gasteiger partial charge in [0.05, 0.1) is 16.8 Å². The van der Waals surface area contributed by atoms with Crippen LogP contribution in [0.15, 0.2) is 39.5 Å². The van der Waals surface area contributed by atoms with Gasteiger partial charge in [0.2, 0.25) is 5.91 Å². The van der Waals surface area contributed by atoms with Crippen molar-refractivity contribution >= 4 is 28.3 Å². The van der Waals surface area contributed by atoms with Crippen molar-refractivity contribution in [3.63, 3.8) is 0 Å². The number of anilines is 2. The van der Waals surface area contributed by atoms with Crippen LogP contribution in [0.4, 0.5) is 24.5 Å². The van der Waals surface area contributed by atoms with Gasteiger partial charge in [-0.05, 0) is 44.3 Å². The van der Waals surface area contributed by atoms with Crippen molar-refractivity contribution in [3.8, 4) is 11.3 Å². The Labute approximate surface area is 208 Å². The second kappa shape index (κ2) is 11.2. The molecule has 0 atom stereocenters. The number of halogens is 3. The lowest BCUT2D eigenvalue weighted by Gasteiger charge is -2.18. The van der Waals surface area contributed by atoms with E-state index in [0.29, 0.717) is 19.0 Å². The highest BCUT2D eigenvalue weighted by molar-refractivity contribution is 5.95. The van der Waals surface area contributed by atoms with Gasteiger partial charge in [0.15, 0.2) is 16.8 Å². The van der Waals surface area contributed by atoms with E-state index in [4.69, 9.17) is 4.42 Å². The molecular formula is C27H32F3N3O3. The average Bonchev–Trinajstić information content (AvgIpc) is 2.81. The van der Waals surface area contributed by atoms with E-state index in [2.05, 4.69) is 15.5 Å². The summed E-state index contributed by atoms with van der Waals surface area (Å²) in [5, 5.41) is 5.18. The van der Waals surface area contributed by atoms with E-state index in [0.717, 1.165) is 31.8 Å². The SMILES string of the molecule is CCN(CC)CCCNc1c(F)cc(F)c2oc(-c3ccc(NC(=O)C(C)(C)C)c(F)c3)cc(=O)c12. The molecule has 1 amide bonds. The third kappa shape index (κ3) is 6.07. The molecule has 0 aliphatic rings. The molecule has 0 saturated carbocycles. The van der Waals surface area contributed by atoms with Gasteiger partial charge in [-0.25, -0.2) is 13.2 Å². The summed E-state index contributed by atoms with van der Waals surface area (Å²) >= 11 is 0. The first-order chi connectivity index (χ1) is 17.0. The van der Waals surface area contributed by atoms with Crippen LogP contribution >= 0.6 is 0 Å². The van der Waals surface area contributed by atoms with Crippen LogP contribution in [0.3, 0.4) is 0 Å². The summed E-state index contributed by atoms with van der Waals surface area (Å²) in [6.45, 7) is 12.1. The van der Waals surface area contributed by atoms with Gasteiger partial charge in [-0.2, -0.15) is 0 Å². The van der Waals surface area contributed by atoms with Crippen molar-refractivity contribution in [3.05, 3.63) is 58.0 Å². The third-order valence-electron chi connectivity index (χ3n) is 5.94. The Morgan fingerprint density at radius 3 is 2.31 bits per heavy atom. The van der Waals surface area contributed by atoms with E-state index < -0.39 is 33.9 Å². The van der Waals surface area contributed by atoms with Gasteiger partial charge < -0.3 is 20.0 Å². The van der Waals surface area contributed by atoms with Crippen LogP contribution in [0.1, 0.15) is 41.0 Å². The van der Waals surface area contributed by atoms with E-state index in [1.165, 1.54) is 12.1 Å². The normalized spacial score (nSPS) is 11.8. The van der Waals surface area contributed by atoms with E-state index in [9.17, 15) is 22.8 Å². The number of nitrogens with zero attached hydrogens (tertiary/aromatic N) is 1. The number of carbonyl (C=O) groups is 1. The Morgan fingerprint density at radius 1 is 1.00 bits per heavy atom. The predicted molar refractivity (Wildman–Crippen MR) is 137 cm³/mol. The molecule has 0 fully saturated rings. The van der Waals surface area contributed by atoms with Crippen LogP contribution in [0, 0.1) is 22.9 Å². The molecule has 9 heteroatoms. The lowest BCUT2D eigenvalue weighted by molar-refractivity contribution is -0.123. The molecule has 194 valence electrons. The highest BCUT2D eigenvalue weighted by Gasteiger charge is 2.23. The molecular weight excluding hydrogens is 471 g/mol. The Kier molecular flexibility index (Phi) is 8.45. The number of hydrogen-bond donors (Lipinski definition) is 2. The van der Waals surface area contributed by atoms with Crippen LogP contribution in [0.2, 0.25) is 0 Å². The lowest BCUT2D eigenvalue weighted by Crippen LogP contribution is -2.28. The maximum absolute atomic E-state index is 14.7. The van der Waals surface area contributed by atoms with Gasteiger partial charge in [-0.15, -0.1) is 0 Å². The zero-order valence-corrected chi connectivity index (χ0v) is 21.2. The molecule has 1 aromatic heterocycles. The highest BCUT2D eigenvalue weighted by atomic mass is 19.1. The monoisotopic (exact) mass is 503 g/mol. The number of amides is 1. The van der Waals surface area contributed by atoms with Crippen LogP contribution in [0.5, 0.6) is 0 Å². The van der Waals surface area contributed by atoms with Gasteiger partial charge in [0, 0.05) is 29.7 Å². The Balaban J connectivity index is 1.93. The first-order valence-electron chi connectivity index (χ1n) is 12.0. The molecule has 0 bridgehead atoms. The number of rotatable bonds is 9. The zero-order chi connectivity index (χ0) is 26.6. The van der Waals surface area contributed by atoms with Crippen LogP contribution < -0.4 is 16.1 Å². The molecule has 0 aliphatic carbocycles. The summed E-state index contributed by atoms with van der Waals surface area (Å²) in [6.07, 6.45) is 0.695. The Hall–Kier alpha value is -3.33. The minimum atomic E-state index is -1.04. The molecule has 6 nitrogen and oxygen atoms in total. The fourth-order valence-corrected chi connectivity index (χ4v) is 3.72. The summed E-state index contributed by atoms with van der Waals surface area (Å²) in [5.74, 6) is -3.13. The quantitative estimate of drug-likeness (QED) is 0.350. The van der Waals surface area contributed by atoms with Gasteiger partial charge in [-0.3, -0.25) is 9.59 Å². The van der Waals surface area contributed by atoms with E-state index >= 15 is 0 Å². The number of nitrogens with one attached hydrogen (secondary N) is 2. The predicted octanol–water partition coefficient (Wildman–Crippen LogP) is 6.01. The fraction of sp³-hybridized carbons (Fsp3) is 0.407. The summed E-state index contributed by atoms with van der Waals surface area (Å²) < 4.78 is 49.6. The summed E-state index contributed by atoms with van der Waals surface area (Å²) in [7, 11) is 0. The first kappa shape index (κ1) is 27.3. The first-order valence-corrected chi connectivity index (χ1v) is 12.0. The van der Waals surface area contributed by atoms with Crippen molar-refractivity contribution in [1.29, 1.82) is 0 Å². The summed E-state index contributed by atoms with van der Waals surface area (Å²) in [5.41, 5.74) is -1.81. The second-order valence-corrected chi connectivity index (χ2v) is 9.60. The number of benzene rings is 2. The largest absolute Gasteiger partial charge is 0.453 e. The average molecular weight is 504 g/mol. The smallest absolute Gasteiger partial charge is 0.229 e. The number of carbonyl (C=O) groups excluding carboxylic acids is 1. The van der Waals surface area contributed by atoms with Gasteiger partial charge >= 0.3 is 0 Å². The van der Waals surface area contributed by atoms with Gasteiger partial charge in [0.1, 0.15) is 17.4 Å². The van der Waals surface area contributed by atoms with Crippen molar-refractivity contribution in [2.75, 3.05) is 36.8 Å². The van der Waals surface area contributed by atoms with Crippen molar-refractivity contribution in [2.45, 2.75) is 41.0 Å². The second-order valence-electron chi connectivity index (χ2n) is 9.60. The topological polar surface area (TPSA) is 74.6 Å². The molecule has 0 saturated heterocycles. The summed E-state index contributed by atoms with van der Waals surface area (Å²) in [4.78, 5) is 27.3. The molecule has 1 heterocycles. The number of hydrogen-bond acceptors (Lipinski definition) is 5. The Morgan fingerprint density at radius 2 is 1.69 bits per heavy atom. The minimum absolute atomic E-state index is 0.0359. The van der Waals surface area contributed by atoms with Crippen LogP contribution in [-0.2, 0) is 4.79 Å². The Bertz CT molecular complexity index is 1310. The van der Waals surface area contributed by atoms with Crippen LogP contribution in [0.25, 0.3) is 22.3 Å². The zero-order valence-electron chi connectivity index (χ0n) is 21.2.